The molecule has 0 bridgehead atoms. The van der Waals surface area contributed by atoms with E-state index in [9.17, 15) is 0 Å². The molecule has 0 spiro atoms. The molecule has 3 aromatic heterocycles. The molecule has 3 N–H and O–H groups in total. The van der Waals surface area contributed by atoms with Gasteiger partial charge in [0.1, 0.15) is 17.2 Å². The van der Waals surface area contributed by atoms with E-state index < -0.39 is 7.32 Å². The maximum Gasteiger partial charge on any atom is 0.864 e. The van der Waals surface area contributed by atoms with E-state index in [1.165, 1.54) is 0 Å². The number of nitrogens with zero attached hydrogens (tertiary/aromatic N) is 9. The van der Waals surface area contributed by atoms with Gasteiger partial charge in [-0.1, -0.05) is 36.4 Å². The number of para-hydroxylation sites is 3. The standard InChI is InChI=1S/C21H15BN12O3/c1-4-10-16(13(7-1)19-23-29-30-24-19)35-22(36-17-11-5-2-8-14(17)20-25-31-32-26-20)37-18-12-6-3-9-15(18)21-27-33-34-28-21/h1-12H,(H,23,24,29,30)(H,25,26,31,32)(H,27,28,33,34). The van der Waals surface area contributed by atoms with E-state index in [2.05, 4.69) is 61.9 Å². The molecule has 0 atom stereocenters. The van der Waals surface area contributed by atoms with Crippen molar-refractivity contribution in [2.75, 3.05) is 0 Å². The summed E-state index contributed by atoms with van der Waals surface area (Å²) in [4.78, 5) is 0. The maximum absolute atomic E-state index is 6.24. The summed E-state index contributed by atoms with van der Waals surface area (Å²) in [5, 5.41) is 42.1. The second kappa shape index (κ2) is 9.91. The lowest BCUT2D eigenvalue weighted by atomic mass is 10.1. The quantitative estimate of drug-likeness (QED) is 0.247. The smallest absolute Gasteiger partial charge is 0.489 e. The first-order chi connectivity index (χ1) is 18.3. The largest absolute Gasteiger partial charge is 0.864 e. The van der Waals surface area contributed by atoms with Crippen LogP contribution >= 0.6 is 0 Å². The molecule has 0 radical (unpaired) electrons. The first-order valence-corrected chi connectivity index (χ1v) is 10.8. The van der Waals surface area contributed by atoms with Crippen molar-refractivity contribution < 1.29 is 14.0 Å². The fraction of sp³-hybridized carbons (Fsp3) is 0. The zero-order valence-electron chi connectivity index (χ0n) is 18.8. The fourth-order valence-electron chi connectivity index (χ4n) is 3.50. The Morgan fingerprint density at radius 3 is 1.08 bits per heavy atom. The molecule has 0 saturated heterocycles. The molecule has 3 heterocycles. The molecule has 0 fully saturated rings. The van der Waals surface area contributed by atoms with Crippen molar-refractivity contribution in [3.63, 3.8) is 0 Å². The molecule has 16 heteroatoms. The van der Waals surface area contributed by atoms with Crippen molar-refractivity contribution in [3.05, 3.63) is 72.8 Å². The van der Waals surface area contributed by atoms with Crippen LogP contribution in [0.1, 0.15) is 0 Å². The summed E-state index contributed by atoms with van der Waals surface area (Å²) in [5.41, 5.74) is 1.81. The van der Waals surface area contributed by atoms with Crippen LogP contribution < -0.4 is 14.0 Å². The average molecular weight is 494 g/mol. The Balaban J connectivity index is 1.38. The number of rotatable bonds is 9. The molecular weight excluding hydrogens is 479 g/mol. The van der Waals surface area contributed by atoms with Crippen LogP contribution in [0.3, 0.4) is 0 Å². The lowest BCUT2D eigenvalue weighted by Gasteiger charge is -2.19. The van der Waals surface area contributed by atoms with Gasteiger partial charge in [-0.2, -0.15) is 0 Å². The number of hydrogen-bond donors (Lipinski definition) is 3. The Morgan fingerprint density at radius 2 is 0.784 bits per heavy atom. The molecule has 0 saturated carbocycles. The van der Waals surface area contributed by atoms with Gasteiger partial charge in [-0.15, -0.1) is 15.3 Å². The molecule has 180 valence electrons. The Morgan fingerprint density at radius 1 is 0.459 bits per heavy atom. The minimum atomic E-state index is -1.29. The number of aromatic nitrogens is 12. The van der Waals surface area contributed by atoms with E-state index in [4.69, 9.17) is 14.0 Å². The van der Waals surface area contributed by atoms with Crippen molar-refractivity contribution in [2.45, 2.75) is 0 Å². The van der Waals surface area contributed by atoms with E-state index in [1.54, 1.807) is 36.4 Å². The predicted molar refractivity (Wildman–Crippen MR) is 126 cm³/mol. The van der Waals surface area contributed by atoms with Crippen molar-refractivity contribution in [3.8, 4) is 51.4 Å². The van der Waals surface area contributed by atoms with Crippen molar-refractivity contribution in [2.24, 2.45) is 0 Å². The number of tetrazole rings is 3. The molecule has 0 unspecified atom stereocenters. The van der Waals surface area contributed by atoms with Crippen molar-refractivity contribution in [1.29, 1.82) is 0 Å². The summed E-state index contributed by atoms with van der Waals surface area (Å²) in [6.07, 6.45) is 0. The molecule has 15 nitrogen and oxygen atoms in total. The van der Waals surface area contributed by atoms with Crippen LogP contribution in [0, 0.1) is 0 Å². The molecule has 0 aliphatic rings. The van der Waals surface area contributed by atoms with Crippen LogP contribution in [-0.4, -0.2) is 69.2 Å². The van der Waals surface area contributed by atoms with Gasteiger partial charge in [0, 0.05) is 0 Å². The Kier molecular flexibility index (Phi) is 5.85. The normalized spacial score (nSPS) is 10.7. The van der Waals surface area contributed by atoms with Crippen LogP contribution in [0.2, 0.25) is 0 Å². The topological polar surface area (TPSA) is 191 Å². The Labute approximate surface area is 207 Å². The first-order valence-electron chi connectivity index (χ1n) is 10.8. The summed E-state index contributed by atoms with van der Waals surface area (Å²) in [7, 11) is -1.29. The van der Waals surface area contributed by atoms with Crippen LogP contribution in [0.5, 0.6) is 17.2 Å². The highest BCUT2D eigenvalue weighted by atomic mass is 16.7. The van der Waals surface area contributed by atoms with Crippen LogP contribution in [-0.2, 0) is 0 Å². The van der Waals surface area contributed by atoms with Gasteiger partial charge in [0.15, 0.2) is 17.5 Å². The number of H-pyrrole nitrogens is 3. The summed E-state index contributed by atoms with van der Waals surface area (Å²) in [5.74, 6) is 2.46. The zero-order chi connectivity index (χ0) is 24.9. The third-order valence-corrected chi connectivity index (χ3v) is 5.13. The minimum absolute atomic E-state index is 0.406. The van der Waals surface area contributed by atoms with E-state index in [-0.39, 0.29) is 0 Å². The molecule has 3 aromatic carbocycles. The highest BCUT2D eigenvalue weighted by Gasteiger charge is 2.34. The number of hydrogen-bond acceptors (Lipinski definition) is 12. The number of benzene rings is 3. The maximum atomic E-state index is 6.24. The van der Waals surface area contributed by atoms with Gasteiger partial charge in [-0.05, 0) is 67.7 Å². The zero-order valence-corrected chi connectivity index (χ0v) is 18.8. The van der Waals surface area contributed by atoms with E-state index >= 15 is 0 Å². The van der Waals surface area contributed by atoms with Crippen LogP contribution in [0.15, 0.2) is 72.8 Å². The molecule has 37 heavy (non-hydrogen) atoms. The lowest BCUT2D eigenvalue weighted by Crippen LogP contribution is -2.37. The van der Waals surface area contributed by atoms with Crippen molar-refractivity contribution >= 4 is 7.32 Å². The Bertz CT molecular complexity index is 1390. The molecule has 6 aromatic rings. The van der Waals surface area contributed by atoms with Crippen molar-refractivity contribution in [1.82, 2.24) is 61.9 Å². The van der Waals surface area contributed by atoms with E-state index in [0.717, 1.165) is 0 Å². The van der Waals surface area contributed by atoms with Gasteiger partial charge < -0.3 is 14.0 Å². The first kappa shape index (κ1) is 21.8. The summed E-state index contributed by atoms with van der Waals surface area (Å²) >= 11 is 0. The van der Waals surface area contributed by atoms with Gasteiger partial charge in [0.05, 0.1) is 16.7 Å². The summed E-state index contributed by atoms with van der Waals surface area (Å²) < 4.78 is 18.7. The third kappa shape index (κ3) is 4.65. The average Bonchev–Trinajstić information content (AvgIpc) is 3.74. The monoisotopic (exact) mass is 494 g/mol. The summed E-state index contributed by atoms with van der Waals surface area (Å²) in [6, 6.07) is 21.6. The SMILES string of the molecule is c1ccc(-c2nnn[nH]2)c(OB(Oc2ccccc2-c2nnn[nH]2)Oc2ccccc2-c2nnn[nH]2)c1. The molecule has 6 rings (SSSR count). The van der Waals surface area contributed by atoms with Gasteiger partial charge in [-0.3, -0.25) is 0 Å². The Hall–Kier alpha value is -5.67. The second-order valence-corrected chi connectivity index (χ2v) is 7.38. The van der Waals surface area contributed by atoms with Crippen LogP contribution in [0.4, 0.5) is 0 Å². The number of nitrogens with one attached hydrogen (secondary N) is 3. The lowest BCUT2D eigenvalue weighted by molar-refractivity contribution is 0.308. The van der Waals surface area contributed by atoms with E-state index in [0.29, 0.717) is 51.4 Å². The van der Waals surface area contributed by atoms with Gasteiger partial charge in [0.2, 0.25) is 0 Å². The van der Waals surface area contributed by atoms with Gasteiger partial charge >= 0.3 is 7.32 Å². The van der Waals surface area contributed by atoms with Gasteiger partial charge in [-0.25, -0.2) is 15.3 Å². The molecule has 0 amide bonds. The van der Waals surface area contributed by atoms with Gasteiger partial charge in [0.25, 0.3) is 0 Å². The molecule has 0 aliphatic heterocycles. The molecule has 0 aliphatic carbocycles. The minimum Gasteiger partial charge on any atom is -0.489 e. The highest BCUT2D eigenvalue weighted by Crippen LogP contribution is 2.32. The van der Waals surface area contributed by atoms with Crippen LogP contribution in [0.25, 0.3) is 34.2 Å². The predicted octanol–water partition coefficient (Wildman–Crippen LogP) is 1.75. The number of aromatic amines is 3. The highest BCUT2D eigenvalue weighted by molar-refractivity contribution is 6.40. The fourth-order valence-corrected chi connectivity index (χ4v) is 3.50. The second-order valence-electron chi connectivity index (χ2n) is 7.38. The molecular formula is C21H15BN12O3. The third-order valence-electron chi connectivity index (χ3n) is 5.13. The van der Waals surface area contributed by atoms with E-state index in [1.807, 2.05) is 36.4 Å². The summed E-state index contributed by atoms with van der Waals surface area (Å²) in [6.45, 7) is 0.